The molecule has 1 saturated heterocycles. The number of oxazole rings is 1. The smallest absolute Gasteiger partial charge is 0.236 e. The van der Waals surface area contributed by atoms with Crippen LogP contribution in [0.15, 0.2) is 21.9 Å². The molecule has 0 radical (unpaired) electrons. The largest absolute Gasteiger partial charge is 0.440 e. The Hall–Kier alpha value is -1.17. The van der Waals surface area contributed by atoms with Gasteiger partial charge in [0.15, 0.2) is 0 Å². The van der Waals surface area contributed by atoms with Gasteiger partial charge >= 0.3 is 0 Å². The lowest BCUT2D eigenvalue weighted by atomic mass is 10.2. The monoisotopic (exact) mass is 277 g/mol. The molecule has 1 atom stereocenters. The van der Waals surface area contributed by atoms with Gasteiger partial charge in [0.25, 0.3) is 0 Å². The number of nitrogens with zero attached hydrogens (tertiary/aromatic N) is 2. The fraction of sp³-hybridized carbons (Fsp3) is 0.500. The summed E-state index contributed by atoms with van der Waals surface area (Å²) in [6, 6.07) is 4.63. The van der Waals surface area contributed by atoms with Crippen molar-refractivity contribution < 1.29 is 4.42 Å². The summed E-state index contributed by atoms with van der Waals surface area (Å²) in [6.45, 7) is 8.30. The Kier molecular flexibility index (Phi) is 3.68. The minimum atomic E-state index is 0.553. The van der Waals surface area contributed by atoms with Gasteiger partial charge in [-0.25, -0.2) is 4.98 Å². The first kappa shape index (κ1) is 12.8. The van der Waals surface area contributed by atoms with E-state index in [9.17, 15) is 0 Å². The standard InChI is InChI=1S/C14H19N3OS/c1-10-8-17(6-5-15-10)9-12-11(2)18-14(16-12)13-4-3-7-19-13/h3-4,7,10,15H,5-6,8-9H2,1-2H3. The first-order valence-corrected chi connectivity index (χ1v) is 7.56. The quantitative estimate of drug-likeness (QED) is 0.936. The van der Waals surface area contributed by atoms with Gasteiger partial charge in [-0.15, -0.1) is 11.3 Å². The highest BCUT2D eigenvalue weighted by Crippen LogP contribution is 2.26. The molecule has 3 rings (SSSR count). The van der Waals surface area contributed by atoms with Crippen LogP contribution in [0.25, 0.3) is 10.8 Å². The molecule has 5 heteroatoms. The molecular formula is C14H19N3OS. The molecule has 1 fully saturated rings. The fourth-order valence-corrected chi connectivity index (χ4v) is 3.10. The molecule has 1 aliphatic heterocycles. The van der Waals surface area contributed by atoms with Gasteiger partial charge in [0.2, 0.25) is 5.89 Å². The zero-order chi connectivity index (χ0) is 13.2. The molecule has 0 amide bonds. The molecule has 19 heavy (non-hydrogen) atoms. The summed E-state index contributed by atoms with van der Waals surface area (Å²) in [5.74, 6) is 1.69. The van der Waals surface area contributed by atoms with E-state index in [1.807, 2.05) is 24.4 Å². The van der Waals surface area contributed by atoms with E-state index in [1.165, 1.54) is 0 Å². The van der Waals surface area contributed by atoms with Crippen LogP contribution in [0.4, 0.5) is 0 Å². The predicted molar refractivity (Wildman–Crippen MR) is 77.3 cm³/mol. The van der Waals surface area contributed by atoms with Crippen LogP contribution in [0, 0.1) is 6.92 Å². The zero-order valence-electron chi connectivity index (χ0n) is 11.3. The Bertz CT molecular complexity index is 535. The van der Waals surface area contributed by atoms with E-state index in [2.05, 4.69) is 22.1 Å². The van der Waals surface area contributed by atoms with Crippen molar-refractivity contribution in [2.24, 2.45) is 0 Å². The van der Waals surface area contributed by atoms with Crippen molar-refractivity contribution in [2.75, 3.05) is 19.6 Å². The van der Waals surface area contributed by atoms with E-state index in [4.69, 9.17) is 4.42 Å². The van der Waals surface area contributed by atoms with Gasteiger partial charge in [-0.2, -0.15) is 0 Å². The maximum absolute atomic E-state index is 5.78. The molecule has 4 nitrogen and oxygen atoms in total. The molecule has 1 N–H and O–H groups in total. The van der Waals surface area contributed by atoms with Crippen LogP contribution in [0.2, 0.25) is 0 Å². The Balaban J connectivity index is 1.74. The number of aromatic nitrogens is 1. The molecule has 1 aliphatic rings. The topological polar surface area (TPSA) is 41.3 Å². The third-order valence-corrected chi connectivity index (χ3v) is 4.31. The minimum Gasteiger partial charge on any atom is -0.440 e. The maximum Gasteiger partial charge on any atom is 0.236 e. The average Bonchev–Trinajstić information content (AvgIpc) is 3.00. The van der Waals surface area contributed by atoms with Crippen molar-refractivity contribution in [3.05, 3.63) is 29.0 Å². The summed E-state index contributed by atoms with van der Waals surface area (Å²) in [6.07, 6.45) is 0. The predicted octanol–water partition coefficient (Wildman–Crippen LogP) is 2.51. The molecule has 0 bridgehead atoms. The van der Waals surface area contributed by atoms with E-state index in [1.54, 1.807) is 11.3 Å². The lowest BCUT2D eigenvalue weighted by molar-refractivity contribution is 0.197. The fourth-order valence-electron chi connectivity index (χ4n) is 2.45. The van der Waals surface area contributed by atoms with E-state index < -0.39 is 0 Å². The highest BCUT2D eigenvalue weighted by molar-refractivity contribution is 7.13. The maximum atomic E-state index is 5.78. The Morgan fingerprint density at radius 2 is 2.47 bits per heavy atom. The molecule has 0 aromatic carbocycles. The second-order valence-corrected chi connectivity index (χ2v) is 6.04. The summed E-state index contributed by atoms with van der Waals surface area (Å²) in [4.78, 5) is 8.19. The molecule has 102 valence electrons. The van der Waals surface area contributed by atoms with Gasteiger partial charge in [0, 0.05) is 32.2 Å². The van der Waals surface area contributed by atoms with E-state index >= 15 is 0 Å². The molecule has 0 spiro atoms. The third kappa shape index (κ3) is 2.88. The first-order valence-electron chi connectivity index (χ1n) is 6.68. The molecule has 1 unspecified atom stereocenters. The molecule has 0 saturated carbocycles. The summed E-state index contributed by atoms with van der Waals surface area (Å²) in [5.41, 5.74) is 1.07. The first-order chi connectivity index (χ1) is 9.22. The van der Waals surface area contributed by atoms with Crippen molar-refractivity contribution in [3.8, 4) is 10.8 Å². The Morgan fingerprint density at radius 1 is 1.58 bits per heavy atom. The normalized spacial score (nSPS) is 20.8. The summed E-state index contributed by atoms with van der Waals surface area (Å²) in [7, 11) is 0. The van der Waals surface area contributed by atoms with Gasteiger partial charge in [0.05, 0.1) is 10.6 Å². The van der Waals surface area contributed by atoms with Crippen molar-refractivity contribution in [1.29, 1.82) is 0 Å². The second kappa shape index (κ2) is 5.45. The van der Waals surface area contributed by atoms with E-state index in [-0.39, 0.29) is 0 Å². The molecule has 2 aromatic heterocycles. The number of thiophene rings is 1. The van der Waals surface area contributed by atoms with E-state index in [0.717, 1.165) is 48.4 Å². The lowest BCUT2D eigenvalue weighted by Crippen LogP contribution is -2.48. The highest BCUT2D eigenvalue weighted by atomic mass is 32.1. The van der Waals surface area contributed by atoms with Gasteiger partial charge in [0.1, 0.15) is 5.76 Å². The number of hydrogen-bond acceptors (Lipinski definition) is 5. The van der Waals surface area contributed by atoms with Gasteiger partial charge in [-0.05, 0) is 25.3 Å². The van der Waals surface area contributed by atoms with Crippen molar-refractivity contribution in [3.63, 3.8) is 0 Å². The number of aryl methyl sites for hydroxylation is 1. The number of rotatable bonds is 3. The molecule has 2 aromatic rings. The van der Waals surface area contributed by atoms with Crippen molar-refractivity contribution >= 4 is 11.3 Å². The third-order valence-electron chi connectivity index (χ3n) is 3.45. The highest BCUT2D eigenvalue weighted by Gasteiger charge is 2.19. The van der Waals surface area contributed by atoms with Crippen LogP contribution >= 0.6 is 11.3 Å². The van der Waals surface area contributed by atoms with Crippen molar-refractivity contribution in [2.45, 2.75) is 26.4 Å². The molecular weight excluding hydrogens is 258 g/mol. The summed E-state index contributed by atoms with van der Waals surface area (Å²) < 4.78 is 5.78. The average molecular weight is 277 g/mol. The van der Waals surface area contributed by atoms with E-state index in [0.29, 0.717) is 6.04 Å². The number of piperazine rings is 1. The summed E-state index contributed by atoms with van der Waals surface area (Å²) >= 11 is 1.66. The van der Waals surface area contributed by atoms with Gasteiger partial charge < -0.3 is 9.73 Å². The number of nitrogens with one attached hydrogen (secondary N) is 1. The van der Waals surface area contributed by atoms with Crippen LogP contribution in [0.1, 0.15) is 18.4 Å². The SMILES string of the molecule is Cc1oc(-c2cccs2)nc1CN1CCNC(C)C1. The van der Waals surface area contributed by atoms with Gasteiger partial charge in [-0.1, -0.05) is 6.07 Å². The van der Waals surface area contributed by atoms with Crippen LogP contribution < -0.4 is 5.32 Å². The summed E-state index contributed by atoms with van der Waals surface area (Å²) in [5, 5.41) is 5.50. The molecule has 0 aliphatic carbocycles. The second-order valence-electron chi connectivity index (χ2n) is 5.09. The Labute approximate surface area is 117 Å². The molecule has 3 heterocycles. The van der Waals surface area contributed by atoms with Crippen LogP contribution in [0.3, 0.4) is 0 Å². The van der Waals surface area contributed by atoms with Gasteiger partial charge in [-0.3, -0.25) is 4.90 Å². The number of hydrogen-bond donors (Lipinski definition) is 1. The van der Waals surface area contributed by atoms with Crippen LogP contribution in [-0.4, -0.2) is 35.6 Å². The zero-order valence-corrected chi connectivity index (χ0v) is 12.2. The van der Waals surface area contributed by atoms with Crippen LogP contribution in [0.5, 0.6) is 0 Å². The lowest BCUT2D eigenvalue weighted by Gasteiger charge is -2.31. The van der Waals surface area contributed by atoms with Crippen molar-refractivity contribution in [1.82, 2.24) is 15.2 Å². The minimum absolute atomic E-state index is 0.553. The van der Waals surface area contributed by atoms with Crippen LogP contribution in [-0.2, 0) is 6.54 Å². The Morgan fingerprint density at radius 3 is 3.21 bits per heavy atom.